The summed E-state index contributed by atoms with van der Waals surface area (Å²) in [5, 5.41) is 3.03. The van der Waals surface area contributed by atoms with Crippen molar-refractivity contribution < 1.29 is 22.6 Å². The van der Waals surface area contributed by atoms with Gasteiger partial charge in [-0.15, -0.1) is 0 Å². The Hall–Kier alpha value is -1.27. The molecule has 1 aliphatic rings. The van der Waals surface area contributed by atoms with Gasteiger partial charge in [0, 0.05) is 6.42 Å². The van der Waals surface area contributed by atoms with Crippen LogP contribution in [-0.4, -0.2) is 32.5 Å². The Morgan fingerprint density at radius 2 is 2.05 bits per heavy atom. The molecule has 20 heavy (non-hydrogen) atoms. The molecule has 1 N–H and O–H groups in total. The zero-order valence-corrected chi connectivity index (χ0v) is 11.6. The van der Waals surface area contributed by atoms with Crippen LogP contribution in [0.3, 0.4) is 0 Å². The normalized spacial score (nSPS) is 23.5. The van der Waals surface area contributed by atoms with Crippen molar-refractivity contribution in [3.05, 3.63) is 29.3 Å². The summed E-state index contributed by atoms with van der Waals surface area (Å²) in [7, 11) is 3.28. The molecule has 0 bridgehead atoms. The Kier molecular flexibility index (Phi) is 4.25. The minimum Gasteiger partial charge on any atom is -0.497 e. The maximum Gasteiger partial charge on any atom is 0.414 e. The Morgan fingerprint density at radius 1 is 1.35 bits per heavy atom. The van der Waals surface area contributed by atoms with Crippen LogP contribution < -0.4 is 10.1 Å². The quantitative estimate of drug-likeness (QED) is 0.924. The number of nitrogens with one attached hydrogen (secondary N) is 1. The molecular weight excluding hydrogens is 271 g/mol. The molecule has 2 rings (SSSR count). The van der Waals surface area contributed by atoms with E-state index in [0.29, 0.717) is 12.2 Å². The van der Waals surface area contributed by atoms with Crippen molar-refractivity contribution in [2.45, 2.75) is 37.8 Å². The number of benzene rings is 1. The average molecular weight is 289 g/mol. The Morgan fingerprint density at radius 3 is 2.60 bits per heavy atom. The fourth-order valence-electron chi connectivity index (χ4n) is 2.52. The van der Waals surface area contributed by atoms with Gasteiger partial charge < -0.3 is 14.8 Å². The molecule has 0 heterocycles. The largest absolute Gasteiger partial charge is 0.497 e. The van der Waals surface area contributed by atoms with Crippen molar-refractivity contribution in [3.8, 4) is 5.75 Å². The number of ether oxygens (including phenoxy) is 2. The second-order valence-electron chi connectivity index (χ2n) is 4.89. The van der Waals surface area contributed by atoms with Crippen LogP contribution in [0.15, 0.2) is 18.2 Å². The minimum atomic E-state index is -4.34. The van der Waals surface area contributed by atoms with Crippen LogP contribution in [0.1, 0.15) is 24.1 Å². The molecule has 0 amide bonds. The summed E-state index contributed by atoms with van der Waals surface area (Å²) in [5.74, 6) is 0.688. The molecule has 1 aliphatic carbocycles. The Balaban J connectivity index is 2.19. The van der Waals surface area contributed by atoms with E-state index in [0.717, 1.165) is 18.1 Å². The Bertz CT molecular complexity index is 476. The van der Waals surface area contributed by atoms with Crippen LogP contribution in [-0.2, 0) is 11.2 Å². The van der Waals surface area contributed by atoms with Crippen LogP contribution in [0, 0.1) is 0 Å². The second-order valence-corrected chi connectivity index (χ2v) is 4.89. The third-order valence-corrected chi connectivity index (χ3v) is 3.63. The van der Waals surface area contributed by atoms with Crippen LogP contribution in [0.25, 0.3) is 0 Å². The number of halogens is 3. The first-order chi connectivity index (χ1) is 9.36. The summed E-state index contributed by atoms with van der Waals surface area (Å²) in [6.45, 7) is 1.04. The first-order valence-electron chi connectivity index (χ1n) is 6.43. The zero-order chi connectivity index (χ0) is 14.9. The molecule has 0 spiro atoms. The van der Waals surface area contributed by atoms with Gasteiger partial charge in [-0.1, -0.05) is 6.07 Å². The fourth-order valence-corrected chi connectivity index (χ4v) is 2.52. The topological polar surface area (TPSA) is 30.5 Å². The second kappa shape index (κ2) is 5.61. The van der Waals surface area contributed by atoms with Gasteiger partial charge in [-0.05, 0) is 37.2 Å². The highest BCUT2D eigenvalue weighted by Crippen LogP contribution is 2.37. The van der Waals surface area contributed by atoms with Gasteiger partial charge in [-0.3, -0.25) is 0 Å². The zero-order valence-electron chi connectivity index (χ0n) is 11.6. The van der Waals surface area contributed by atoms with Gasteiger partial charge in [0.1, 0.15) is 5.75 Å². The standard InChI is InChI=1S/C14H18F3NO2/c1-8(14(15,16)17)20-12-6-9-4-5-10(19-3)7-11(9)13(12)18-2/h4-5,7-8,12-13,18H,6H2,1-3H3. The first-order valence-corrected chi connectivity index (χ1v) is 6.43. The molecule has 3 atom stereocenters. The van der Waals surface area contributed by atoms with Crippen molar-refractivity contribution in [3.63, 3.8) is 0 Å². The summed E-state index contributed by atoms with van der Waals surface area (Å²) in [4.78, 5) is 0. The summed E-state index contributed by atoms with van der Waals surface area (Å²) >= 11 is 0. The molecule has 112 valence electrons. The summed E-state index contributed by atoms with van der Waals surface area (Å²) in [6.07, 6.45) is -6.19. The van der Waals surface area contributed by atoms with Gasteiger partial charge in [0.25, 0.3) is 0 Å². The highest BCUT2D eigenvalue weighted by atomic mass is 19.4. The molecule has 0 radical (unpaired) electrons. The highest BCUT2D eigenvalue weighted by molar-refractivity contribution is 5.42. The summed E-state index contributed by atoms with van der Waals surface area (Å²) < 4.78 is 48.2. The van der Waals surface area contributed by atoms with E-state index in [1.54, 1.807) is 20.2 Å². The number of alkyl halides is 3. The van der Waals surface area contributed by atoms with Gasteiger partial charge in [0.2, 0.25) is 0 Å². The predicted octanol–water partition coefficient (Wildman–Crippen LogP) is 2.85. The molecular formula is C14H18F3NO2. The molecule has 6 heteroatoms. The van der Waals surface area contributed by atoms with E-state index in [2.05, 4.69) is 5.32 Å². The number of hydrogen-bond donors (Lipinski definition) is 1. The van der Waals surface area contributed by atoms with Crippen molar-refractivity contribution in [2.24, 2.45) is 0 Å². The van der Waals surface area contributed by atoms with E-state index in [1.807, 2.05) is 12.1 Å². The smallest absolute Gasteiger partial charge is 0.414 e. The highest BCUT2D eigenvalue weighted by Gasteiger charge is 2.42. The van der Waals surface area contributed by atoms with Gasteiger partial charge >= 0.3 is 6.18 Å². The van der Waals surface area contributed by atoms with Crippen LogP contribution in [0.5, 0.6) is 5.75 Å². The number of likely N-dealkylation sites (N-methyl/N-ethyl adjacent to an activating group) is 1. The minimum absolute atomic E-state index is 0.259. The van der Waals surface area contributed by atoms with Crippen molar-refractivity contribution >= 4 is 0 Å². The van der Waals surface area contributed by atoms with Gasteiger partial charge in [-0.25, -0.2) is 0 Å². The van der Waals surface area contributed by atoms with E-state index in [4.69, 9.17) is 9.47 Å². The van der Waals surface area contributed by atoms with Crippen LogP contribution >= 0.6 is 0 Å². The lowest BCUT2D eigenvalue weighted by Crippen LogP contribution is -2.37. The third-order valence-electron chi connectivity index (χ3n) is 3.63. The fraction of sp³-hybridized carbons (Fsp3) is 0.571. The number of methoxy groups -OCH3 is 1. The van der Waals surface area contributed by atoms with Crippen molar-refractivity contribution in [1.82, 2.24) is 5.32 Å². The van der Waals surface area contributed by atoms with Crippen molar-refractivity contribution in [2.75, 3.05) is 14.2 Å². The molecule has 3 nitrogen and oxygen atoms in total. The predicted molar refractivity (Wildman–Crippen MR) is 68.9 cm³/mol. The van der Waals surface area contributed by atoms with E-state index < -0.39 is 18.4 Å². The van der Waals surface area contributed by atoms with Gasteiger partial charge in [0.15, 0.2) is 6.10 Å². The SMILES string of the molecule is CNC1c2cc(OC)ccc2CC1OC(C)C(F)(F)F. The van der Waals surface area contributed by atoms with E-state index in [9.17, 15) is 13.2 Å². The number of rotatable bonds is 4. The lowest BCUT2D eigenvalue weighted by molar-refractivity contribution is -0.228. The van der Waals surface area contributed by atoms with Gasteiger partial charge in [-0.2, -0.15) is 13.2 Å². The average Bonchev–Trinajstić information content (AvgIpc) is 2.73. The Labute approximate surface area is 116 Å². The van der Waals surface area contributed by atoms with Crippen LogP contribution in [0.4, 0.5) is 13.2 Å². The number of hydrogen-bond acceptors (Lipinski definition) is 3. The lowest BCUT2D eigenvalue weighted by Gasteiger charge is -2.25. The molecule has 0 aromatic heterocycles. The monoisotopic (exact) mass is 289 g/mol. The molecule has 0 saturated heterocycles. The molecule has 1 aromatic rings. The maximum atomic E-state index is 12.6. The molecule has 3 unspecified atom stereocenters. The van der Waals surface area contributed by atoms with E-state index in [-0.39, 0.29) is 6.04 Å². The van der Waals surface area contributed by atoms with E-state index >= 15 is 0 Å². The lowest BCUT2D eigenvalue weighted by atomic mass is 10.1. The molecule has 0 aliphatic heterocycles. The third kappa shape index (κ3) is 2.91. The molecule has 0 fully saturated rings. The summed E-state index contributed by atoms with van der Waals surface area (Å²) in [6, 6.07) is 5.27. The van der Waals surface area contributed by atoms with E-state index in [1.165, 1.54) is 0 Å². The van der Waals surface area contributed by atoms with Crippen LogP contribution in [0.2, 0.25) is 0 Å². The maximum absolute atomic E-state index is 12.6. The summed E-state index contributed by atoms with van der Waals surface area (Å²) in [5.41, 5.74) is 1.93. The first kappa shape index (κ1) is 15.1. The number of fused-ring (bicyclic) bond motifs is 1. The van der Waals surface area contributed by atoms with Crippen molar-refractivity contribution in [1.29, 1.82) is 0 Å². The van der Waals surface area contributed by atoms with Gasteiger partial charge in [0.05, 0.1) is 19.3 Å². The molecule has 0 saturated carbocycles. The molecule has 1 aromatic carbocycles.